The molecular formula is C23H22N2O9S. The van der Waals surface area contributed by atoms with Gasteiger partial charge >= 0.3 is 0 Å². The number of carbonyl (C=O) groups is 3. The van der Waals surface area contributed by atoms with Crippen molar-refractivity contribution >= 4 is 38.4 Å². The maximum atomic E-state index is 13.4. The van der Waals surface area contributed by atoms with Gasteiger partial charge in [-0.15, -0.1) is 0 Å². The quantitative estimate of drug-likeness (QED) is 0.220. The fourth-order valence-electron chi connectivity index (χ4n) is 4.29. The Morgan fingerprint density at radius 3 is 1.97 bits per heavy atom. The molecule has 2 aromatic carbocycles. The Balaban J connectivity index is 0.000000527. The van der Waals surface area contributed by atoms with Crippen molar-refractivity contribution in [2.75, 3.05) is 32.4 Å². The molecule has 1 saturated heterocycles. The molecule has 0 bridgehead atoms. The Morgan fingerprint density at radius 1 is 0.971 bits per heavy atom. The number of piperazine rings is 1. The van der Waals surface area contributed by atoms with Crippen molar-refractivity contribution in [3.05, 3.63) is 58.0 Å². The molecule has 1 aromatic heterocycles. The summed E-state index contributed by atoms with van der Waals surface area (Å²) in [6, 6.07) is 6.39. The van der Waals surface area contributed by atoms with E-state index in [0.29, 0.717) is 32.4 Å². The van der Waals surface area contributed by atoms with Crippen LogP contribution in [0, 0.1) is 6.92 Å². The number of amides is 1. The number of hydrogen-bond acceptors (Lipinski definition) is 9. The van der Waals surface area contributed by atoms with Crippen molar-refractivity contribution in [3.63, 3.8) is 0 Å². The summed E-state index contributed by atoms with van der Waals surface area (Å²) in [6.07, 6.45) is 0.715. The number of benzene rings is 2. The summed E-state index contributed by atoms with van der Waals surface area (Å²) in [6.45, 7) is 3.71. The van der Waals surface area contributed by atoms with Gasteiger partial charge in [-0.05, 0) is 6.92 Å². The van der Waals surface area contributed by atoms with Gasteiger partial charge in [-0.3, -0.25) is 18.9 Å². The topological polar surface area (TPSA) is 174 Å². The number of aryl methyl sites for hydroxylation is 1. The maximum absolute atomic E-state index is 13.4. The molecule has 4 N–H and O–H groups in total. The summed E-state index contributed by atoms with van der Waals surface area (Å²) in [5, 5.41) is 25.2. The summed E-state index contributed by atoms with van der Waals surface area (Å²) >= 11 is 0. The first kappa shape index (κ1) is 24.4. The smallest absolute Gasteiger partial charge is 0.261 e. The second-order valence-electron chi connectivity index (χ2n) is 8.16. The highest BCUT2D eigenvalue weighted by molar-refractivity contribution is 7.85. The third-order valence-electron chi connectivity index (χ3n) is 5.75. The molecule has 2 heterocycles. The molecule has 0 unspecified atom stereocenters. The first-order chi connectivity index (χ1) is 16.4. The van der Waals surface area contributed by atoms with Crippen LogP contribution in [0.4, 0.5) is 0 Å². The van der Waals surface area contributed by atoms with Crippen molar-refractivity contribution in [2.24, 2.45) is 0 Å². The normalized spacial score (nSPS) is 15.3. The van der Waals surface area contributed by atoms with Crippen LogP contribution in [0.3, 0.4) is 0 Å². The van der Waals surface area contributed by atoms with Crippen LogP contribution in [0.1, 0.15) is 48.2 Å². The average molecular weight is 503 g/mol. The van der Waals surface area contributed by atoms with Crippen molar-refractivity contribution in [3.8, 4) is 11.5 Å². The Bertz CT molecular complexity index is 1490. The molecule has 1 amide bonds. The van der Waals surface area contributed by atoms with Gasteiger partial charge in [-0.1, -0.05) is 24.3 Å². The number of carbonyl (C=O) groups excluding carboxylic acids is 3. The summed E-state index contributed by atoms with van der Waals surface area (Å²) in [7, 11) is -3.67. The zero-order chi connectivity index (χ0) is 25.7. The number of phenolic OH excluding ortho intramolecular Hbond substituents is 2. The number of fused-ring (bicyclic) bond motifs is 3. The van der Waals surface area contributed by atoms with Crippen LogP contribution in [-0.4, -0.2) is 78.0 Å². The van der Waals surface area contributed by atoms with E-state index in [9.17, 15) is 33.0 Å². The summed E-state index contributed by atoms with van der Waals surface area (Å²) in [4.78, 5) is 41.3. The molecule has 3 aromatic rings. The highest BCUT2D eigenvalue weighted by atomic mass is 32.2. The van der Waals surface area contributed by atoms with Gasteiger partial charge in [0.05, 0.1) is 28.5 Å². The first-order valence-corrected chi connectivity index (χ1v) is 12.4. The van der Waals surface area contributed by atoms with Crippen molar-refractivity contribution in [1.82, 2.24) is 10.2 Å². The molecular weight excluding hydrogens is 480 g/mol. The summed E-state index contributed by atoms with van der Waals surface area (Å²) in [5.74, 6) is -2.77. The number of hydrogen-bond donors (Lipinski definition) is 4. The zero-order valence-corrected chi connectivity index (χ0v) is 19.6. The minimum Gasteiger partial charge on any atom is -0.506 e. The molecule has 1 aliphatic heterocycles. The molecule has 11 nitrogen and oxygen atoms in total. The van der Waals surface area contributed by atoms with Gasteiger partial charge in [0.2, 0.25) is 11.6 Å². The molecule has 2 aliphatic rings. The van der Waals surface area contributed by atoms with Crippen LogP contribution in [0.15, 0.2) is 28.7 Å². The van der Waals surface area contributed by atoms with Gasteiger partial charge in [0.25, 0.3) is 16.0 Å². The monoisotopic (exact) mass is 502 g/mol. The van der Waals surface area contributed by atoms with Gasteiger partial charge in [-0.2, -0.15) is 8.42 Å². The van der Waals surface area contributed by atoms with E-state index < -0.39 is 39.1 Å². The minimum absolute atomic E-state index is 0.0305. The largest absolute Gasteiger partial charge is 0.506 e. The number of phenols is 2. The van der Waals surface area contributed by atoms with E-state index in [0.717, 1.165) is 0 Å². The van der Waals surface area contributed by atoms with Crippen LogP contribution in [0.5, 0.6) is 11.5 Å². The number of aromatic hydroxyl groups is 2. The molecule has 184 valence electrons. The lowest BCUT2D eigenvalue weighted by Crippen LogP contribution is -2.46. The fraction of sp³-hybridized carbons (Fsp3) is 0.261. The van der Waals surface area contributed by atoms with Crippen molar-refractivity contribution in [1.29, 1.82) is 0 Å². The van der Waals surface area contributed by atoms with Crippen LogP contribution in [-0.2, 0) is 10.1 Å². The fourth-order valence-corrected chi connectivity index (χ4v) is 4.29. The van der Waals surface area contributed by atoms with Crippen LogP contribution in [0.25, 0.3) is 10.8 Å². The van der Waals surface area contributed by atoms with Gasteiger partial charge in [0.1, 0.15) is 17.3 Å². The number of nitrogens with zero attached hydrogens (tertiary/aromatic N) is 1. The number of rotatable bonds is 1. The lowest BCUT2D eigenvalue weighted by Gasteiger charge is -2.27. The number of ketones is 2. The summed E-state index contributed by atoms with van der Waals surface area (Å²) in [5.41, 5.74) is -0.737. The lowest BCUT2D eigenvalue weighted by atomic mass is 9.83. The highest BCUT2D eigenvalue weighted by Crippen LogP contribution is 2.45. The minimum atomic E-state index is -3.67. The molecule has 0 atom stereocenters. The van der Waals surface area contributed by atoms with E-state index in [-0.39, 0.29) is 44.5 Å². The molecule has 0 radical (unpaired) electrons. The molecule has 35 heavy (non-hydrogen) atoms. The third-order valence-corrected chi connectivity index (χ3v) is 5.75. The lowest BCUT2D eigenvalue weighted by molar-refractivity contribution is 0.0730. The number of furan rings is 1. The molecule has 1 aliphatic carbocycles. The standard InChI is InChI=1S/C22H18N2O6.CH4O3S/c1-10-13(22(29)24-8-6-23-7-9-24)16-19(27)14-15(20(28)21(16)30-10)18(26)12-5-3-2-4-11(12)17(14)25;1-5(2,3)4/h2-5,23,25-26H,6-9H2,1H3;1H3,(H,2,3,4). The van der Waals surface area contributed by atoms with Crippen LogP contribution >= 0.6 is 0 Å². The van der Waals surface area contributed by atoms with Gasteiger partial charge in [-0.25, -0.2) is 0 Å². The van der Waals surface area contributed by atoms with Crippen molar-refractivity contribution in [2.45, 2.75) is 6.92 Å². The molecule has 1 fully saturated rings. The first-order valence-electron chi connectivity index (χ1n) is 10.5. The zero-order valence-electron chi connectivity index (χ0n) is 18.8. The van der Waals surface area contributed by atoms with E-state index in [1.54, 1.807) is 29.2 Å². The second-order valence-corrected chi connectivity index (χ2v) is 9.63. The number of nitrogens with one attached hydrogen (secondary N) is 1. The predicted octanol–water partition coefficient (Wildman–Crippen LogP) is 1.48. The van der Waals surface area contributed by atoms with Gasteiger partial charge in [0, 0.05) is 37.0 Å². The summed E-state index contributed by atoms with van der Waals surface area (Å²) < 4.78 is 31.4. The highest BCUT2D eigenvalue weighted by Gasteiger charge is 2.43. The Kier molecular flexibility index (Phi) is 6.13. The van der Waals surface area contributed by atoms with Gasteiger partial charge < -0.3 is 24.8 Å². The van der Waals surface area contributed by atoms with E-state index in [1.165, 1.54) is 6.92 Å². The molecule has 0 spiro atoms. The van der Waals surface area contributed by atoms with E-state index in [2.05, 4.69) is 5.32 Å². The maximum Gasteiger partial charge on any atom is 0.261 e. The molecule has 5 rings (SSSR count). The Morgan fingerprint density at radius 2 is 1.46 bits per heavy atom. The van der Waals surface area contributed by atoms with Crippen molar-refractivity contribution < 1.29 is 42.0 Å². The Hall–Kier alpha value is -3.74. The van der Waals surface area contributed by atoms with E-state index >= 15 is 0 Å². The van der Waals surface area contributed by atoms with E-state index in [4.69, 9.17) is 8.97 Å². The predicted molar refractivity (Wildman–Crippen MR) is 124 cm³/mol. The van der Waals surface area contributed by atoms with Gasteiger partial charge in [0.15, 0.2) is 5.76 Å². The molecule has 12 heteroatoms. The third kappa shape index (κ3) is 4.27. The second kappa shape index (κ2) is 8.80. The van der Waals surface area contributed by atoms with Crippen LogP contribution in [0.2, 0.25) is 0 Å². The molecule has 0 saturated carbocycles. The SMILES string of the molecule is CS(=O)(=O)O.Cc1oc2c(c1C(=O)N1CCNCC1)C(=O)c1c(c(O)c3ccccc3c1O)C2=O. The Labute approximate surface area is 199 Å². The average Bonchev–Trinajstić information content (AvgIpc) is 3.16. The van der Waals surface area contributed by atoms with E-state index in [1.807, 2.05) is 0 Å². The van der Waals surface area contributed by atoms with Crippen LogP contribution < -0.4 is 5.32 Å².